The van der Waals surface area contributed by atoms with Gasteiger partial charge in [-0.1, -0.05) is 60.7 Å². The number of fused-ring (bicyclic) bond motifs is 1. The van der Waals surface area contributed by atoms with Gasteiger partial charge >= 0.3 is 5.97 Å². The summed E-state index contributed by atoms with van der Waals surface area (Å²) in [4.78, 5) is 51.7. The van der Waals surface area contributed by atoms with Crippen LogP contribution < -0.4 is 10.9 Å². The Morgan fingerprint density at radius 3 is 2.39 bits per heavy atom. The number of amides is 1. The van der Waals surface area contributed by atoms with Crippen LogP contribution in [0.15, 0.2) is 133 Å². The molecule has 0 spiro atoms. The fourth-order valence-electron chi connectivity index (χ4n) is 4.91. The quantitative estimate of drug-likeness (QED) is 0.227. The van der Waals surface area contributed by atoms with E-state index in [9.17, 15) is 19.5 Å². The summed E-state index contributed by atoms with van der Waals surface area (Å²) in [6, 6.07) is 30.4. The summed E-state index contributed by atoms with van der Waals surface area (Å²) in [6.45, 7) is 0. The van der Waals surface area contributed by atoms with Crippen LogP contribution in [0.3, 0.4) is 0 Å². The zero-order valence-electron chi connectivity index (χ0n) is 23.3. The molecule has 0 bridgehead atoms. The van der Waals surface area contributed by atoms with Gasteiger partial charge in [-0.3, -0.25) is 19.1 Å². The smallest absolute Gasteiger partial charge is 0.336 e. The minimum absolute atomic E-state index is 0.113. The minimum Gasteiger partial charge on any atom is -0.478 e. The number of aliphatic carboxylic acids is 1. The molecule has 44 heavy (non-hydrogen) atoms. The maximum absolute atomic E-state index is 13.8. The molecule has 1 amide bonds. The van der Waals surface area contributed by atoms with E-state index in [1.807, 2.05) is 48.5 Å². The Morgan fingerprint density at radius 2 is 1.61 bits per heavy atom. The van der Waals surface area contributed by atoms with Crippen LogP contribution in [0.25, 0.3) is 33.6 Å². The van der Waals surface area contributed by atoms with E-state index in [1.54, 1.807) is 77.8 Å². The van der Waals surface area contributed by atoms with E-state index in [0.29, 0.717) is 40.2 Å². The molecule has 3 aromatic carbocycles. The van der Waals surface area contributed by atoms with Crippen molar-refractivity contribution in [3.63, 3.8) is 0 Å². The topological polar surface area (TPSA) is 127 Å². The van der Waals surface area contributed by atoms with E-state index in [0.717, 1.165) is 22.8 Å². The maximum Gasteiger partial charge on any atom is 0.336 e. The van der Waals surface area contributed by atoms with Crippen LogP contribution in [0.5, 0.6) is 0 Å². The number of carboxylic acid groups (broad SMARTS) is 1. The molecule has 0 saturated heterocycles. The number of anilines is 1. The number of carboxylic acids is 1. The van der Waals surface area contributed by atoms with Gasteiger partial charge in [-0.05, 0) is 64.7 Å². The summed E-state index contributed by atoms with van der Waals surface area (Å²) >= 11 is 0. The van der Waals surface area contributed by atoms with Gasteiger partial charge < -0.3 is 10.4 Å². The summed E-state index contributed by atoms with van der Waals surface area (Å²) in [6.07, 6.45) is 6.41. The number of rotatable bonds is 8. The van der Waals surface area contributed by atoms with Crippen LogP contribution >= 0.6 is 0 Å². The molecule has 3 aromatic heterocycles. The fraction of sp³-hybridized carbons (Fsp3) is 0.0286. The number of nitrogens with zero attached hydrogens (tertiary/aromatic N) is 4. The first-order valence-corrected chi connectivity index (χ1v) is 13.7. The molecule has 0 aliphatic carbocycles. The Kier molecular flexibility index (Phi) is 7.83. The van der Waals surface area contributed by atoms with Gasteiger partial charge in [0.15, 0.2) is 5.65 Å². The lowest BCUT2D eigenvalue weighted by Gasteiger charge is -2.13. The van der Waals surface area contributed by atoms with E-state index < -0.39 is 11.9 Å². The zero-order chi connectivity index (χ0) is 30.5. The van der Waals surface area contributed by atoms with Crippen molar-refractivity contribution in [2.45, 2.75) is 6.42 Å². The summed E-state index contributed by atoms with van der Waals surface area (Å²) in [5.74, 6) is -1.77. The van der Waals surface area contributed by atoms with Crippen LogP contribution in [0.4, 0.5) is 5.69 Å². The highest BCUT2D eigenvalue weighted by Crippen LogP contribution is 2.26. The first kappa shape index (κ1) is 27.9. The molecule has 3 heterocycles. The average molecular weight is 580 g/mol. The SMILES string of the molecule is O=C(/C=C(/C(=O)O)c1ccccc1)Nc1cccc(-c2cccc(-n3c(=O)c(Cc4cccnc4)nc4cccnc43)c2)c1. The molecule has 0 fully saturated rings. The summed E-state index contributed by atoms with van der Waals surface area (Å²) < 4.78 is 1.56. The average Bonchev–Trinajstić information content (AvgIpc) is 3.05. The third kappa shape index (κ3) is 6.02. The van der Waals surface area contributed by atoms with Crippen molar-refractivity contribution in [1.82, 2.24) is 19.5 Å². The van der Waals surface area contributed by atoms with Crippen LogP contribution in [0.2, 0.25) is 0 Å². The molecule has 0 radical (unpaired) electrons. The predicted octanol–water partition coefficient (Wildman–Crippen LogP) is 5.54. The third-order valence-corrected chi connectivity index (χ3v) is 6.94. The highest BCUT2D eigenvalue weighted by Gasteiger charge is 2.16. The number of hydrogen-bond donors (Lipinski definition) is 2. The van der Waals surface area contributed by atoms with E-state index in [1.165, 1.54) is 0 Å². The van der Waals surface area contributed by atoms with Gasteiger partial charge in [0, 0.05) is 36.8 Å². The van der Waals surface area contributed by atoms with E-state index >= 15 is 0 Å². The van der Waals surface area contributed by atoms with Crippen molar-refractivity contribution in [3.8, 4) is 16.8 Å². The Balaban J connectivity index is 1.34. The number of carbonyl (C=O) groups is 2. The number of benzene rings is 3. The van der Waals surface area contributed by atoms with E-state index in [4.69, 9.17) is 0 Å². The molecule has 9 nitrogen and oxygen atoms in total. The lowest BCUT2D eigenvalue weighted by molar-refractivity contribution is -0.130. The minimum atomic E-state index is -1.20. The molecule has 0 saturated carbocycles. The lowest BCUT2D eigenvalue weighted by atomic mass is 10.0. The molecule has 2 N–H and O–H groups in total. The first-order chi connectivity index (χ1) is 21.5. The Morgan fingerprint density at radius 1 is 0.841 bits per heavy atom. The normalized spacial score (nSPS) is 11.3. The third-order valence-electron chi connectivity index (χ3n) is 6.94. The second-order valence-electron chi connectivity index (χ2n) is 9.93. The first-order valence-electron chi connectivity index (χ1n) is 13.7. The molecule has 214 valence electrons. The Labute approximate surface area is 251 Å². The molecule has 0 aliphatic heterocycles. The maximum atomic E-state index is 13.8. The number of carbonyl (C=O) groups excluding carboxylic acids is 1. The Hall–Kier alpha value is -6.22. The monoisotopic (exact) mass is 579 g/mol. The molecule has 0 unspecified atom stereocenters. The number of aromatic nitrogens is 4. The van der Waals surface area contributed by atoms with Crippen molar-refractivity contribution in [2.75, 3.05) is 5.32 Å². The highest BCUT2D eigenvalue weighted by atomic mass is 16.4. The van der Waals surface area contributed by atoms with Crippen molar-refractivity contribution >= 4 is 34.3 Å². The van der Waals surface area contributed by atoms with Gasteiger partial charge in [0.2, 0.25) is 5.91 Å². The van der Waals surface area contributed by atoms with Gasteiger partial charge in [-0.25, -0.2) is 14.8 Å². The van der Waals surface area contributed by atoms with Crippen LogP contribution in [-0.4, -0.2) is 36.5 Å². The number of hydrogen-bond acceptors (Lipinski definition) is 6. The largest absolute Gasteiger partial charge is 0.478 e. The molecule has 6 aromatic rings. The molecule has 0 atom stereocenters. The molecular formula is C35H25N5O4. The zero-order valence-corrected chi connectivity index (χ0v) is 23.3. The summed E-state index contributed by atoms with van der Waals surface area (Å²) in [5.41, 5.74) is 4.98. The molecular weight excluding hydrogens is 554 g/mol. The summed E-state index contributed by atoms with van der Waals surface area (Å²) in [5, 5.41) is 12.4. The fourth-order valence-corrected chi connectivity index (χ4v) is 4.91. The lowest BCUT2D eigenvalue weighted by Crippen LogP contribution is -2.25. The molecule has 9 heteroatoms. The second-order valence-corrected chi connectivity index (χ2v) is 9.93. The number of nitrogens with one attached hydrogen (secondary N) is 1. The van der Waals surface area contributed by atoms with Gasteiger partial charge in [0.1, 0.15) is 11.2 Å². The van der Waals surface area contributed by atoms with Crippen molar-refractivity contribution in [1.29, 1.82) is 0 Å². The van der Waals surface area contributed by atoms with Gasteiger partial charge in [-0.15, -0.1) is 0 Å². The second kappa shape index (κ2) is 12.3. The van der Waals surface area contributed by atoms with E-state index in [2.05, 4.69) is 20.3 Å². The van der Waals surface area contributed by atoms with Crippen molar-refractivity contribution < 1.29 is 14.7 Å². The van der Waals surface area contributed by atoms with Crippen LogP contribution in [0.1, 0.15) is 16.8 Å². The number of pyridine rings is 2. The van der Waals surface area contributed by atoms with Gasteiger partial charge in [0.05, 0.1) is 11.3 Å². The molecule has 0 aliphatic rings. The summed E-state index contributed by atoms with van der Waals surface area (Å²) in [7, 11) is 0. The van der Waals surface area contributed by atoms with Crippen molar-refractivity contribution in [3.05, 3.63) is 155 Å². The van der Waals surface area contributed by atoms with E-state index in [-0.39, 0.29) is 11.1 Å². The Bertz CT molecular complexity index is 2090. The van der Waals surface area contributed by atoms with Gasteiger partial charge in [0.25, 0.3) is 5.56 Å². The molecule has 6 rings (SSSR count). The van der Waals surface area contributed by atoms with Crippen LogP contribution in [-0.2, 0) is 16.0 Å². The predicted molar refractivity (Wildman–Crippen MR) is 168 cm³/mol. The highest BCUT2D eigenvalue weighted by molar-refractivity contribution is 6.21. The van der Waals surface area contributed by atoms with Crippen LogP contribution in [0, 0.1) is 0 Å². The standard InChI is InChI=1S/C35H25N5O4/c41-32(21-29(35(43)44)24-9-2-1-3-10-24)38-27-13-4-11-25(19-27)26-12-5-14-28(20-26)40-33-30(15-7-17-37-33)39-31(34(40)42)18-23-8-6-16-36-22-23/h1-17,19-22H,18H2,(H,38,41)(H,43,44)/b29-21+. The van der Waals surface area contributed by atoms with Crippen molar-refractivity contribution in [2.24, 2.45) is 0 Å². The van der Waals surface area contributed by atoms with Gasteiger partial charge in [-0.2, -0.15) is 0 Å².